The molecule has 0 radical (unpaired) electrons. The van der Waals surface area contributed by atoms with Crippen molar-refractivity contribution in [3.8, 4) is 0 Å². The molecule has 0 heterocycles. The minimum atomic E-state index is -4.10. The van der Waals surface area contributed by atoms with Crippen LogP contribution in [0, 0.1) is 17.6 Å². The van der Waals surface area contributed by atoms with Crippen LogP contribution in [0.25, 0.3) is 0 Å². The second-order valence-electron chi connectivity index (χ2n) is 4.42. The zero-order valence-electron chi connectivity index (χ0n) is 11.0. The third kappa shape index (κ3) is 3.95. The van der Waals surface area contributed by atoms with Gasteiger partial charge in [-0.25, -0.2) is 21.9 Å². The second kappa shape index (κ2) is 6.40. The molecule has 1 rings (SSSR count). The summed E-state index contributed by atoms with van der Waals surface area (Å²) in [6.07, 6.45) is -0.341. The van der Waals surface area contributed by atoms with Crippen LogP contribution in [0.5, 0.6) is 0 Å². The first kappa shape index (κ1) is 16.0. The maximum atomic E-state index is 13.4. The zero-order valence-corrected chi connectivity index (χ0v) is 11.8. The predicted molar refractivity (Wildman–Crippen MR) is 67.2 cm³/mol. The lowest BCUT2D eigenvalue weighted by Gasteiger charge is -2.19. The Morgan fingerprint density at radius 1 is 1.32 bits per heavy atom. The van der Waals surface area contributed by atoms with E-state index in [0.29, 0.717) is 0 Å². The lowest BCUT2D eigenvalue weighted by molar-refractivity contribution is 0.0691. The summed E-state index contributed by atoms with van der Waals surface area (Å²) in [6, 6.07) is 3.02. The summed E-state index contributed by atoms with van der Waals surface area (Å²) in [5.41, 5.74) is 0. The van der Waals surface area contributed by atoms with Gasteiger partial charge in [0.25, 0.3) is 0 Å². The number of sulfonamides is 1. The van der Waals surface area contributed by atoms with Crippen molar-refractivity contribution < 1.29 is 21.9 Å². The minimum Gasteiger partial charge on any atom is -0.380 e. The second-order valence-corrected chi connectivity index (χ2v) is 6.16. The molecular weight excluding hydrogens is 276 g/mol. The van der Waals surface area contributed by atoms with Gasteiger partial charge in [-0.05, 0) is 18.1 Å². The molecule has 0 aliphatic heterocycles. The van der Waals surface area contributed by atoms with Crippen LogP contribution in [0.4, 0.5) is 8.78 Å². The smallest absolute Gasteiger partial charge is 0.243 e. The third-order valence-corrected chi connectivity index (χ3v) is 4.17. The van der Waals surface area contributed by atoms with E-state index >= 15 is 0 Å². The maximum absolute atomic E-state index is 13.4. The number of hydrogen-bond donors (Lipinski definition) is 1. The van der Waals surface area contributed by atoms with Crippen LogP contribution in [0.3, 0.4) is 0 Å². The van der Waals surface area contributed by atoms with Crippen LogP contribution in [0.2, 0.25) is 0 Å². The van der Waals surface area contributed by atoms with E-state index in [-0.39, 0.29) is 18.6 Å². The van der Waals surface area contributed by atoms with Crippen LogP contribution in [0.15, 0.2) is 23.1 Å². The molecule has 1 N–H and O–H groups in total. The third-order valence-electron chi connectivity index (χ3n) is 2.73. The van der Waals surface area contributed by atoms with E-state index in [9.17, 15) is 17.2 Å². The molecule has 1 atom stereocenters. The van der Waals surface area contributed by atoms with Crippen LogP contribution >= 0.6 is 0 Å². The van der Waals surface area contributed by atoms with Gasteiger partial charge >= 0.3 is 0 Å². The molecule has 108 valence electrons. The summed E-state index contributed by atoms with van der Waals surface area (Å²) in [4.78, 5) is -0.703. The fourth-order valence-corrected chi connectivity index (χ4v) is 2.68. The first-order chi connectivity index (χ1) is 8.79. The average Bonchev–Trinajstić information content (AvgIpc) is 2.32. The first-order valence-corrected chi connectivity index (χ1v) is 7.24. The zero-order chi connectivity index (χ0) is 14.6. The summed E-state index contributed by atoms with van der Waals surface area (Å²) in [5.74, 6) is -2.49. The highest BCUT2D eigenvalue weighted by atomic mass is 32.2. The SMILES string of the molecule is COC(CNS(=O)(=O)c1cccc(F)c1F)C(C)C. The van der Waals surface area contributed by atoms with Gasteiger partial charge in [0.05, 0.1) is 6.10 Å². The lowest BCUT2D eigenvalue weighted by atomic mass is 10.1. The normalized spacial score (nSPS) is 13.8. The predicted octanol–water partition coefficient (Wildman–Crippen LogP) is 1.91. The molecule has 0 fully saturated rings. The minimum absolute atomic E-state index is 0.00749. The highest BCUT2D eigenvalue weighted by molar-refractivity contribution is 7.89. The molecule has 0 bridgehead atoms. The van der Waals surface area contributed by atoms with Crippen molar-refractivity contribution in [3.05, 3.63) is 29.8 Å². The van der Waals surface area contributed by atoms with Crippen molar-refractivity contribution in [2.45, 2.75) is 24.8 Å². The largest absolute Gasteiger partial charge is 0.380 e. The molecule has 0 saturated heterocycles. The van der Waals surface area contributed by atoms with E-state index in [4.69, 9.17) is 4.74 Å². The molecule has 4 nitrogen and oxygen atoms in total. The summed E-state index contributed by atoms with van der Waals surface area (Å²) in [5, 5.41) is 0. The van der Waals surface area contributed by atoms with Crippen molar-refractivity contribution >= 4 is 10.0 Å². The number of benzene rings is 1. The molecule has 1 aromatic carbocycles. The lowest BCUT2D eigenvalue weighted by Crippen LogP contribution is -2.36. The number of hydrogen-bond acceptors (Lipinski definition) is 3. The number of methoxy groups -OCH3 is 1. The Balaban J connectivity index is 2.90. The number of nitrogens with one attached hydrogen (secondary N) is 1. The molecule has 0 amide bonds. The topological polar surface area (TPSA) is 55.4 Å². The Morgan fingerprint density at radius 2 is 1.95 bits per heavy atom. The molecule has 7 heteroatoms. The van der Waals surface area contributed by atoms with Crippen LogP contribution in [0.1, 0.15) is 13.8 Å². The van der Waals surface area contributed by atoms with Gasteiger partial charge in [-0.1, -0.05) is 19.9 Å². The maximum Gasteiger partial charge on any atom is 0.243 e. The quantitative estimate of drug-likeness (QED) is 0.871. The van der Waals surface area contributed by atoms with E-state index in [1.807, 2.05) is 13.8 Å². The molecule has 19 heavy (non-hydrogen) atoms. The average molecular weight is 293 g/mol. The molecule has 0 aromatic heterocycles. The van der Waals surface area contributed by atoms with Gasteiger partial charge in [0, 0.05) is 13.7 Å². The van der Waals surface area contributed by atoms with E-state index in [1.165, 1.54) is 7.11 Å². The highest BCUT2D eigenvalue weighted by Crippen LogP contribution is 2.17. The van der Waals surface area contributed by atoms with Crippen molar-refractivity contribution in [2.75, 3.05) is 13.7 Å². The summed E-state index contributed by atoms with van der Waals surface area (Å²) in [7, 11) is -2.64. The molecule has 0 spiro atoms. The molecule has 1 unspecified atom stereocenters. The number of halogens is 2. The van der Waals surface area contributed by atoms with Gasteiger partial charge < -0.3 is 4.74 Å². The van der Waals surface area contributed by atoms with Crippen molar-refractivity contribution in [3.63, 3.8) is 0 Å². The van der Waals surface area contributed by atoms with Gasteiger partial charge in [0.1, 0.15) is 4.90 Å². The molecular formula is C12H17F2NO3S. The summed E-state index contributed by atoms with van der Waals surface area (Å²) >= 11 is 0. The highest BCUT2D eigenvalue weighted by Gasteiger charge is 2.23. The van der Waals surface area contributed by atoms with Crippen LogP contribution in [-0.2, 0) is 14.8 Å². The van der Waals surface area contributed by atoms with Gasteiger partial charge in [0.15, 0.2) is 11.6 Å². The summed E-state index contributed by atoms with van der Waals surface area (Å²) in [6.45, 7) is 3.73. The van der Waals surface area contributed by atoms with E-state index < -0.39 is 26.6 Å². The molecule has 0 aliphatic rings. The summed E-state index contributed by atoms with van der Waals surface area (Å²) < 4.78 is 57.5. The molecule has 0 saturated carbocycles. The number of ether oxygens (including phenoxy) is 1. The van der Waals surface area contributed by atoms with E-state index in [1.54, 1.807) is 0 Å². The number of rotatable bonds is 6. The molecule has 0 aliphatic carbocycles. The van der Waals surface area contributed by atoms with Crippen LogP contribution in [-0.4, -0.2) is 28.2 Å². The van der Waals surface area contributed by atoms with E-state index in [0.717, 1.165) is 18.2 Å². The van der Waals surface area contributed by atoms with Gasteiger partial charge in [0.2, 0.25) is 10.0 Å². The van der Waals surface area contributed by atoms with E-state index in [2.05, 4.69) is 4.72 Å². The standard InChI is InChI=1S/C12H17F2NO3S/c1-8(2)10(18-3)7-15-19(16,17)11-6-4-5-9(13)12(11)14/h4-6,8,10,15H,7H2,1-3H3. The van der Waals surface area contributed by atoms with Gasteiger partial charge in [-0.2, -0.15) is 0 Å². The fourth-order valence-electron chi connectivity index (χ4n) is 1.55. The Labute approximate surface area is 111 Å². The van der Waals surface area contributed by atoms with Crippen molar-refractivity contribution in [2.24, 2.45) is 5.92 Å². The van der Waals surface area contributed by atoms with Gasteiger partial charge in [-0.3, -0.25) is 0 Å². The fraction of sp³-hybridized carbons (Fsp3) is 0.500. The first-order valence-electron chi connectivity index (χ1n) is 5.76. The monoisotopic (exact) mass is 293 g/mol. The van der Waals surface area contributed by atoms with Crippen molar-refractivity contribution in [1.29, 1.82) is 0 Å². The Hall–Kier alpha value is -1.05. The Kier molecular flexibility index (Phi) is 5.39. The van der Waals surface area contributed by atoms with Crippen LogP contribution < -0.4 is 4.72 Å². The Bertz CT molecular complexity index is 532. The van der Waals surface area contributed by atoms with Gasteiger partial charge in [-0.15, -0.1) is 0 Å². The van der Waals surface area contributed by atoms with Crippen molar-refractivity contribution in [1.82, 2.24) is 4.72 Å². The Morgan fingerprint density at radius 3 is 2.47 bits per heavy atom. The molecule has 1 aromatic rings.